The summed E-state index contributed by atoms with van der Waals surface area (Å²) in [5, 5.41) is 2.69. The molecule has 136 valence electrons. The highest BCUT2D eigenvalue weighted by Crippen LogP contribution is 2.30. The van der Waals surface area contributed by atoms with E-state index in [9.17, 15) is 18.0 Å². The molecule has 0 saturated carbocycles. The lowest BCUT2D eigenvalue weighted by atomic mass is 10.0. The molecule has 0 aliphatic rings. The van der Waals surface area contributed by atoms with Crippen molar-refractivity contribution in [2.45, 2.75) is 31.6 Å². The van der Waals surface area contributed by atoms with E-state index < -0.39 is 23.8 Å². The van der Waals surface area contributed by atoms with Gasteiger partial charge in [-0.3, -0.25) is 4.79 Å². The van der Waals surface area contributed by atoms with Gasteiger partial charge < -0.3 is 11.1 Å². The number of benzene rings is 2. The zero-order valence-electron chi connectivity index (χ0n) is 13.6. The van der Waals surface area contributed by atoms with Gasteiger partial charge >= 0.3 is 6.18 Å². The molecule has 0 aromatic heterocycles. The molecular weight excluding hydrogens is 353 g/mol. The van der Waals surface area contributed by atoms with Crippen LogP contribution in [0.25, 0.3) is 0 Å². The summed E-state index contributed by atoms with van der Waals surface area (Å²) in [6, 6.07) is 13.1. The van der Waals surface area contributed by atoms with Gasteiger partial charge in [0.25, 0.3) is 0 Å². The maximum atomic E-state index is 12.7. The van der Waals surface area contributed by atoms with Crippen LogP contribution in [0.15, 0.2) is 54.6 Å². The van der Waals surface area contributed by atoms with E-state index in [2.05, 4.69) is 5.32 Å². The minimum Gasteiger partial charge on any atom is -0.350 e. The summed E-state index contributed by atoms with van der Waals surface area (Å²) in [5.41, 5.74) is 6.48. The van der Waals surface area contributed by atoms with Crippen molar-refractivity contribution in [3.05, 3.63) is 71.3 Å². The van der Waals surface area contributed by atoms with E-state index in [1.165, 1.54) is 6.07 Å². The number of nitrogens with two attached hydrogens (primary N) is 1. The van der Waals surface area contributed by atoms with Gasteiger partial charge in [0.1, 0.15) is 0 Å². The molecule has 2 aromatic rings. The molecule has 0 aliphatic carbocycles. The van der Waals surface area contributed by atoms with Crippen LogP contribution in [0, 0.1) is 0 Å². The molecule has 3 N–H and O–H groups in total. The summed E-state index contributed by atoms with van der Waals surface area (Å²) in [6.07, 6.45) is -4.34. The van der Waals surface area contributed by atoms with Crippen LogP contribution in [0.2, 0.25) is 0 Å². The Labute approximate surface area is 150 Å². The number of hydrogen-bond donors (Lipinski definition) is 2. The fraction of sp³-hybridized carbons (Fsp3) is 0.278. The topological polar surface area (TPSA) is 55.1 Å². The molecule has 0 bridgehead atoms. The second-order valence-corrected chi connectivity index (χ2v) is 5.63. The smallest absolute Gasteiger partial charge is 0.350 e. The molecular formula is C18H20ClF3N2O. The van der Waals surface area contributed by atoms with Crippen molar-refractivity contribution in [2.24, 2.45) is 5.73 Å². The fourth-order valence-electron chi connectivity index (χ4n) is 2.39. The molecule has 0 saturated heterocycles. The Kier molecular flexibility index (Phi) is 7.45. The minimum absolute atomic E-state index is 0. The van der Waals surface area contributed by atoms with Crippen LogP contribution in [0.4, 0.5) is 13.2 Å². The molecule has 0 heterocycles. The first-order chi connectivity index (χ1) is 11.3. The van der Waals surface area contributed by atoms with Crippen LogP contribution < -0.4 is 11.1 Å². The summed E-state index contributed by atoms with van der Waals surface area (Å²) in [4.78, 5) is 12.1. The van der Waals surface area contributed by atoms with E-state index in [4.69, 9.17) is 5.73 Å². The third-order valence-corrected chi connectivity index (χ3v) is 3.72. The largest absolute Gasteiger partial charge is 0.416 e. The molecule has 7 heteroatoms. The Morgan fingerprint density at radius 3 is 2.28 bits per heavy atom. The summed E-state index contributed by atoms with van der Waals surface area (Å²) in [5.74, 6) is -0.309. The van der Waals surface area contributed by atoms with Crippen molar-refractivity contribution in [2.75, 3.05) is 0 Å². The Morgan fingerprint density at radius 1 is 1.08 bits per heavy atom. The average Bonchev–Trinajstić information content (AvgIpc) is 2.54. The normalized spacial score (nSPS) is 13.5. The minimum atomic E-state index is -4.41. The molecule has 2 rings (SSSR count). The third kappa shape index (κ3) is 6.07. The maximum absolute atomic E-state index is 12.7. The number of hydrogen-bond acceptors (Lipinski definition) is 2. The number of nitrogens with one attached hydrogen (secondary N) is 1. The van der Waals surface area contributed by atoms with E-state index in [0.717, 1.165) is 17.7 Å². The lowest BCUT2D eigenvalue weighted by Crippen LogP contribution is -2.30. The van der Waals surface area contributed by atoms with Crippen molar-refractivity contribution in [3.8, 4) is 0 Å². The molecule has 25 heavy (non-hydrogen) atoms. The fourth-order valence-corrected chi connectivity index (χ4v) is 2.39. The van der Waals surface area contributed by atoms with Gasteiger partial charge in [0, 0.05) is 12.5 Å². The number of halogens is 4. The Morgan fingerprint density at radius 2 is 1.68 bits per heavy atom. The first kappa shape index (κ1) is 21.0. The maximum Gasteiger partial charge on any atom is 0.416 e. The van der Waals surface area contributed by atoms with Crippen LogP contribution in [0.3, 0.4) is 0 Å². The first-order valence-corrected chi connectivity index (χ1v) is 7.54. The number of amides is 1. The third-order valence-electron chi connectivity index (χ3n) is 3.72. The summed E-state index contributed by atoms with van der Waals surface area (Å²) < 4.78 is 38.2. The van der Waals surface area contributed by atoms with Crippen LogP contribution in [-0.2, 0) is 11.0 Å². The van der Waals surface area contributed by atoms with E-state index in [1.807, 2.05) is 30.3 Å². The highest BCUT2D eigenvalue weighted by molar-refractivity contribution is 5.85. The van der Waals surface area contributed by atoms with Crippen molar-refractivity contribution in [3.63, 3.8) is 0 Å². The number of rotatable bonds is 5. The van der Waals surface area contributed by atoms with Gasteiger partial charge in [-0.15, -0.1) is 12.4 Å². The second-order valence-electron chi connectivity index (χ2n) is 5.63. The van der Waals surface area contributed by atoms with Crippen molar-refractivity contribution in [1.82, 2.24) is 5.32 Å². The predicted octanol–water partition coefficient (Wildman–Crippen LogP) is 4.39. The number of carbonyl (C=O) groups excluding carboxylic acids is 1. The van der Waals surface area contributed by atoms with Crippen LogP contribution in [0.1, 0.15) is 42.1 Å². The molecule has 2 unspecified atom stereocenters. The van der Waals surface area contributed by atoms with E-state index in [1.54, 1.807) is 13.0 Å². The van der Waals surface area contributed by atoms with Gasteiger partial charge in [-0.2, -0.15) is 13.2 Å². The first-order valence-electron chi connectivity index (χ1n) is 7.54. The summed E-state index contributed by atoms with van der Waals surface area (Å²) in [6.45, 7) is 1.64. The van der Waals surface area contributed by atoms with Gasteiger partial charge in [-0.1, -0.05) is 42.5 Å². The van der Waals surface area contributed by atoms with Gasteiger partial charge in [0.2, 0.25) is 5.91 Å². The molecule has 3 nitrogen and oxygen atoms in total. The van der Waals surface area contributed by atoms with Gasteiger partial charge in [-0.25, -0.2) is 0 Å². The van der Waals surface area contributed by atoms with E-state index >= 15 is 0 Å². The lowest BCUT2D eigenvalue weighted by Gasteiger charge is -2.18. The van der Waals surface area contributed by atoms with E-state index in [-0.39, 0.29) is 24.7 Å². The molecule has 2 atom stereocenters. The monoisotopic (exact) mass is 372 g/mol. The Hall–Kier alpha value is -2.05. The highest BCUT2D eigenvalue weighted by Gasteiger charge is 2.30. The zero-order valence-corrected chi connectivity index (χ0v) is 14.4. The Balaban J connectivity index is 0.00000312. The van der Waals surface area contributed by atoms with Crippen molar-refractivity contribution in [1.29, 1.82) is 0 Å². The van der Waals surface area contributed by atoms with Crippen LogP contribution >= 0.6 is 12.4 Å². The van der Waals surface area contributed by atoms with Gasteiger partial charge in [0.05, 0.1) is 11.6 Å². The quantitative estimate of drug-likeness (QED) is 0.817. The highest BCUT2D eigenvalue weighted by atomic mass is 35.5. The average molecular weight is 373 g/mol. The molecule has 2 aromatic carbocycles. The molecule has 0 fully saturated rings. The predicted molar refractivity (Wildman–Crippen MR) is 93.2 cm³/mol. The molecule has 1 amide bonds. The second kappa shape index (κ2) is 8.87. The SMILES string of the molecule is CC(NC(=O)CC(N)c1ccccc1)c1cccc(C(F)(F)F)c1.Cl. The van der Waals surface area contributed by atoms with Crippen molar-refractivity contribution >= 4 is 18.3 Å². The summed E-state index contributed by atoms with van der Waals surface area (Å²) >= 11 is 0. The van der Waals surface area contributed by atoms with E-state index in [0.29, 0.717) is 5.56 Å². The zero-order chi connectivity index (χ0) is 17.7. The Bertz CT molecular complexity index is 692. The standard InChI is InChI=1S/C18H19F3N2O.ClH/c1-12(14-8-5-9-15(10-14)18(19,20)21)23-17(24)11-16(22)13-6-3-2-4-7-13;/h2-10,12,16H,11,22H2,1H3,(H,23,24);1H. The molecule has 0 aliphatic heterocycles. The van der Waals surface area contributed by atoms with Crippen LogP contribution in [-0.4, -0.2) is 5.91 Å². The summed E-state index contributed by atoms with van der Waals surface area (Å²) in [7, 11) is 0. The van der Waals surface area contributed by atoms with Crippen LogP contribution in [0.5, 0.6) is 0 Å². The van der Waals surface area contributed by atoms with Gasteiger partial charge in [0.15, 0.2) is 0 Å². The number of alkyl halides is 3. The van der Waals surface area contributed by atoms with Crippen molar-refractivity contribution < 1.29 is 18.0 Å². The van der Waals surface area contributed by atoms with Gasteiger partial charge in [-0.05, 0) is 30.2 Å². The lowest BCUT2D eigenvalue weighted by molar-refractivity contribution is -0.137. The number of carbonyl (C=O) groups is 1. The molecule has 0 spiro atoms. The molecule has 0 radical (unpaired) electrons.